The Kier molecular flexibility index (Phi) is 8.61. The van der Waals surface area contributed by atoms with Crippen molar-refractivity contribution in [2.75, 3.05) is 15.8 Å². The Morgan fingerprint density at radius 3 is 2.28 bits per heavy atom. The summed E-state index contributed by atoms with van der Waals surface area (Å²) < 4.78 is 27.6. The molecule has 0 aliphatic heterocycles. The maximum atomic E-state index is 12.6. The number of carbonyl (C=O) groups excluding carboxylic acids is 1. The normalized spacial score (nSPS) is 11.2. The molecule has 0 aliphatic carbocycles. The van der Waals surface area contributed by atoms with Gasteiger partial charge < -0.3 is 5.32 Å². The molecule has 32 heavy (non-hydrogen) atoms. The molecule has 168 valence electrons. The molecule has 0 unspecified atom stereocenters. The maximum absolute atomic E-state index is 12.6. The SMILES string of the molecule is O=C(CSCc1ccc(Cl)c(Cl)c1)Nc1ccc(S(=O)(=O)Nc2cccc(Cl)c2Cl)cc1. The van der Waals surface area contributed by atoms with Crippen LogP contribution in [0.4, 0.5) is 11.4 Å². The van der Waals surface area contributed by atoms with E-state index in [1.54, 1.807) is 24.3 Å². The molecule has 0 aliphatic rings. The lowest BCUT2D eigenvalue weighted by atomic mass is 10.2. The van der Waals surface area contributed by atoms with Crippen LogP contribution >= 0.6 is 58.2 Å². The number of nitrogens with one attached hydrogen (secondary N) is 2. The van der Waals surface area contributed by atoms with Crippen LogP contribution in [0.1, 0.15) is 5.56 Å². The lowest BCUT2D eigenvalue weighted by Gasteiger charge is -2.11. The van der Waals surface area contributed by atoms with Gasteiger partial charge in [0.05, 0.1) is 36.4 Å². The summed E-state index contributed by atoms with van der Waals surface area (Å²) in [5.41, 5.74) is 1.61. The smallest absolute Gasteiger partial charge is 0.261 e. The largest absolute Gasteiger partial charge is 0.325 e. The van der Waals surface area contributed by atoms with Gasteiger partial charge in [-0.25, -0.2) is 8.42 Å². The van der Waals surface area contributed by atoms with E-state index in [2.05, 4.69) is 10.0 Å². The zero-order valence-corrected chi connectivity index (χ0v) is 20.9. The highest BCUT2D eigenvalue weighted by molar-refractivity contribution is 7.99. The molecule has 3 aromatic carbocycles. The molecule has 3 rings (SSSR count). The molecule has 0 heterocycles. The second-order valence-corrected chi connectivity index (χ2v) is 10.8. The topological polar surface area (TPSA) is 75.3 Å². The molecule has 0 saturated heterocycles. The molecule has 0 saturated carbocycles. The van der Waals surface area contributed by atoms with Gasteiger partial charge in [-0.1, -0.05) is 58.5 Å². The summed E-state index contributed by atoms with van der Waals surface area (Å²) in [6, 6.07) is 15.8. The number of hydrogen-bond donors (Lipinski definition) is 2. The summed E-state index contributed by atoms with van der Waals surface area (Å²) in [5.74, 6) is 0.600. The van der Waals surface area contributed by atoms with E-state index in [4.69, 9.17) is 46.4 Å². The first kappa shape index (κ1) is 25.0. The van der Waals surface area contributed by atoms with Crippen molar-refractivity contribution in [1.29, 1.82) is 0 Å². The molecule has 5 nitrogen and oxygen atoms in total. The van der Waals surface area contributed by atoms with Gasteiger partial charge in [-0.05, 0) is 54.1 Å². The van der Waals surface area contributed by atoms with Crippen molar-refractivity contribution in [3.63, 3.8) is 0 Å². The second-order valence-electron chi connectivity index (χ2n) is 6.52. The van der Waals surface area contributed by atoms with Crippen LogP contribution in [0.15, 0.2) is 65.6 Å². The standard InChI is InChI=1S/C21H16Cl4N2O3S2/c22-16-9-4-13(10-18(16)24)11-31-12-20(28)26-14-5-7-15(8-6-14)32(29,30)27-19-3-1-2-17(23)21(19)25/h1-10,27H,11-12H2,(H,26,28). The van der Waals surface area contributed by atoms with Crippen LogP contribution in [-0.2, 0) is 20.6 Å². The van der Waals surface area contributed by atoms with Crippen molar-refractivity contribution in [1.82, 2.24) is 0 Å². The van der Waals surface area contributed by atoms with Crippen molar-refractivity contribution in [2.45, 2.75) is 10.6 Å². The van der Waals surface area contributed by atoms with E-state index in [9.17, 15) is 13.2 Å². The summed E-state index contributed by atoms with van der Waals surface area (Å²) >= 11 is 25.3. The highest BCUT2D eigenvalue weighted by atomic mass is 35.5. The predicted octanol–water partition coefficient (Wildman–Crippen LogP) is 6.97. The van der Waals surface area contributed by atoms with Crippen LogP contribution in [0.3, 0.4) is 0 Å². The van der Waals surface area contributed by atoms with E-state index < -0.39 is 10.0 Å². The van der Waals surface area contributed by atoms with Gasteiger partial charge in [0.1, 0.15) is 0 Å². The van der Waals surface area contributed by atoms with Gasteiger partial charge in [0, 0.05) is 11.4 Å². The Hall–Kier alpha value is -1.61. The third kappa shape index (κ3) is 6.70. The lowest BCUT2D eigenvalue weighted by molar-refractivity contribution is -0.113. The summed E-state index contributed by atoms with van der Waals surface area (Å²) in [6.45, 7) is 0. The number of benzene rings is 3. The number of rotatable bonds is 8. The minimum Gasteiger partial charge on any atom is -0.325 e. The number of carbonyl (C=O) groups is 1. The minimum absolute atomic E-state index is 0.0144. The first-order valence-electron chi connectivity index (χ1n) is 9.04. The fraction of sp³-hybridized carbons (Fsp3) is 0.0952. The molecule has 1 amide bonds. The monoisotopic (exact) mass is 548 g/mol. The lowest BCUT2D eigenvalue weighted by Crippen LogP contribution is -2.15. The van der Waals surface area contributed by atoms with E-state index in [0.717, 1.165) is 5.56 Å². The average Bonchev–Trinajstić information content (AvgIpc) is 2.74. The van der Waals surface area contributed by atoms with E-state index in [-0.39, 0.29) is 32.3 Å². The van der Waals surface area contributed by atoms with Gasteiger partial charge in [-0.2, -0.15) is 0 Å². The van der Waals surface area contributed by atoms with Crippen molar-refractivity contribution in [3.8, 4) is 0 Å². The van der Waals surface area contributed by atoms with E-state index >= 15 is 0 Å². The highest BCUT2D eigenvalue weighted by Crippen LogP contribution is 2.31. The van der Waals surface area contributed by atoms with Gasteiger partial charge in [-0.15, -0.1) is 11.8 Å². The molecule has 0 bridgehead atoms. The zero-order chi connectivity index (χ0) is 23.3. The number of halogens is 4. The molecule has 0 spiro atoms. The predicted molar refractivity (Wildman–Crippen MR) is 135 cm³/mol. The van der Waals surface area contributed by atoms with Crippen LogP contribution in [-0.4, -0.2) is 20.1 Å². The second kappa shape index (κ2) is 11.0. The summed E-state index contributed by atoms with van der Waals surface area (Å²) in [4.78, 5) is 12.2. The van der Waals surface area contributed by atoms with Crippen LogP contribution in [0.2, 0.25) is 20.1 Å². The van der Waals surface area contributed by atoms with Crippen molar-refractivity contribution < 1.29 is 13.2 Å². The van der Waals surface area contributed by atoms with Crippen LogP contribution in [0, 0.1) is 0 Å². The zero-order valence-electron chi connectivity index (χ0n) is 16.2. The molecule has 2 N–H and O–H groups in total. The van der Waals surface area contributed by atoms with E-state index in [0.29, 0.717) is 21.5 Å². The molecule has 11 heteroatoms. The van der Waals surface area contributed by atoms with Crippen LogP contribution < -0.4 is 10.0 Å². The third-order valence-electron chi connectivity index (χ3n) is 4.13. The number of hydrogen-bond acceptors (Lipinski definition) is 4. The molecular weight excluding hydrogens is 534 g/mol. The third-order valence-corrected chi connectivity index (χ3v) is 8.07. The highest BCUT2D eigenvalue weighted by Gasteiger charge is 2.17. The molecule has 3 aromatic rings. The number of amides is 1. The Bertz CT molecular complexity index is 1240. The average molecular weight is 550 g/mol. The first-order chi connectivity index (χ1) is 15.2. The van der Waals surface area contributed by atoms with E-state index in [1.165, 1.54) is 42.1 Å². The fourth-order valence-electron chi connectivity index (χ4n) is 2.59. The molecule has 0 atom stereocenters. The number of anilines is 2. The van der Waals surface area contributed by atoms with Crippen LogP contribution in [0.25, 0.3) is 0 Å². The molecule has 0 fully saturated rings. The number of sulfonamides is 1. The summed E-state index contributed by atoms with van der Waals surface area (Å²) in [5, 5.41) is 4.03. The van der Waals surface area contributed by atoms with Crippen LogP contribution in [0.5, 0.6) is 0 Å². The Morgan fingerprint density at radius 2 is 1.59 bits per heavy atom. The Balaban J connectivity index is 1.55. The van der Waals surface area contributed by atoms with Crippen molar-refractivity contribution in [3.05, 3.63) is 86.3 Å². The summed E-state index contributed by atoms with van der Waals surface area (Å²) in [7, 11) is -3.88. The molecule has 0 radical (unpaired) electrons. The molecular formula is C21H16Cl4N2O3S2. The van der Waals surface area contributed by atoms with Gasteiger partial charge in [0.2, 0.25) is 5.91 Å². The first-order valence-corrected chi connectivity index (χ1v) is 13.2. The maximum Gasteiger partial charge on any atom is 0.261 e. The van der Waals surface area contributed by atoms with E-state index in [1.807, 2.05) is 6.07 Å². The van der Waals surface area contributed by atoms with Gasteiger partial charge in [0.15, 0.2) is 0 Å². The summed E-state index contributed by atoms with van der Waals surface area (Å²) in [6.07, 6.45) is 0. The Morgan fingerprint density at radius 1 is 0.875 bits per heavy atom. The Labute approximate surface area is 210 Å². The van der Waals surface area contributed by atoms with Crippen molar-refractivity contribution >= 4 is 85.5 Å². The minimum atomic E-state index is -3.88. The van der Waals surface area contributed by atoms with Gasteiger partial charge in [0.25, 0.3) is 10.0 Å². The quantitative estimate of drug-likeness (QED) is 0.318. The number of thioether (sulfide) groups is 1. The molecule has 0 aromatic heterocycles. The van der Waals surface area contributed by atoms with Crippen molar-refractivity contribution in [2.24, 2.45) is 0 Å². The fourth-order valence-corrected chi connectivity index (χ4v) is 5.16. The van der Waals surface area contributed by atoms with Gasteiger partial charge >= 0.3 is 0 Å². The van der Waals surface area contributed by atoms with Gasteiger partial charge in [-0.3, -0.25) is 9.52 Å².